The zero-order valence-electron chi connectivity index (χ0n) is 23.8. The van der Waals surface area contributed by atoms with Crippen LogP contribution in [0.2, 0.25) is 0 Å². The van der Waals surface area contributed by atoms with Crippen LogP contribution in [-0.4, -0.2) is 56.8 Å². The maximum Gasteiger partial charge on any atom is 0.337 e. The second kappa shape index (κ2) is 11.3. The molecule has 0 bridgehead atoms. The average molecular weight is 520 g/mol. The normalized spacial score (nSPS) is 25.4. The number of nitrogens with zero attached hydrogens (tertiary/aromatic N) is 2. The number of benzene rings is 2. The molecule has 6 nitrogen and oxygen atoms in total. The number of esters is 1. The van der Waals surface area contributed by atoms with Crippen LogP contribution in [0.25, 0.3) is 0 Å². The Kier molecular flexibility index (Phi) is 8.31. The number of rotatable bonds is 7. The van der Waals surface area contributed by atoms with Crippen molar-refractivity contribution in [1.82, 2.24) is 0 Å². The molecule has 0 N–H and O–H groups in total. The van der Waals surface area contributed by atoms with E-state index in [0.29, 0.717) is 12.1 Å². The third-order valence-electron chi connectivity index (χ3n) is 8.65. The van der Waals surface area contributed by atoms with Crippen molar-refractivity contribution in [3.8, 4) is 0 Å². The van der Waals surface area contributed by atoms with Gasteiger partial charge in [0.15, 0.2) is 0 Å². The number of hydrogen-bond acceptors (Lipinski definition) is 4. The van der Waals surface area contributed by atoms with Crippen LogP contribution in [0, 0.1) is 11.8 Å². The molecular formula is C32H43N2O4+. The lowest BCUT2D eigenvalue weighted by molar-refractivity contribution is -0.928. The van der Waals surface area contributed by atoms with Crippen molar-refractivity contribution in [2.24, 2.45) is 11.8 Å². The van der Waals surface area contributed by atoms with Crippen LogP contribution in [0.1, 0.15) is 51.2 Å². The smallest absolute Gasteiger partial charge is 0.337 e. The summed E-state index contributed by atoms with van der Waals surface area (Å²) in [7, 11) is 5.23. The fraction of sp³-hybridized carbons (Fsp3) is 0.500. The van der Waals surface area contributed by atoms with E-state index >= 15 is 0 Å². The van der Waals surface area contributed by atoms with Gasteiger partial charge in [-0.15, -0.1) is 0 Å². The summed E-state index contributed by atoms with van der Waals surface area (Å²) >= 11 is 0. The van der Waals surface area contributed by atoms with Crippen molar-refractivity contribution in [2.45, 2.75) is 58.0 Å². The van der Waals surface area contributed by atoms with Crippen LogP contribution in [0.15, 0.2) is 66.4 Å². The fourth-order valence-electron chi connectivity index (χ4n) is 6.31. The molecular weight excluding hydrogens is 476 g/mol. The Morgan fingerprint density at radius 3 is 2.26 bits per heavy atom. The van der Waals surface area contributed by atoms with E-state index in [1.54, 1.807) is 7.11 Å². The molecule has 0 aliphatic carbocycles. The molecule has 2 heterocycles. The standard InChI is InChI=1S/C32H43N2O4/c1-32(2,3)25-14-12-23(13-15-25)21-33(26-10-8-7-9-11-26)30(35)27-17-19-34(4)18-16-24(20-29(27)34)28(22-37-5)31(36)38-6/h7-15,22,24,27,29H,16-21H2,1-6H3/q+1. The van der Waals surface area contributed by atoms with E-state index in [0.717, 1.165) is 48.1 Å². The molecule has 38 heavy (non-hydrogen) atoms. The second-order valence-corrected chi connectivity index (χ2v) is 12.1. The molecule has 6 heteroatoms. The quantitative estimate of drug-likeness (QED) is 0.211. The van der Waals surface area contributed by atoms with Crippen molar-refractivity contribution in [3.63, 3.8) is 0 Å². The highest BCUT2D eigenvalue weighted by Gasteiger charge is 2.53. The Bertz CT molecular complexity index is 1150. The maximum absolute atomic E-state index is 14.4. The highest BCUT2D eigenvalue weighted by molar-refractivity contribution is 5.95. The molecule has 0 aromatic heterocycles. The summed E-state index contributed by atoms with van der Waals surface area (Å²) in [6, 6.07) is 18.8. The Balaban J connectivity index is 1.61. The summed E-state index contributed by atoms with van der Waals surface area (Å²) in [6.45, 7) is 9.06. The molecule has 2 saturated heterocycles. The number of amides is 1. The first-order chi connectivity index (χ1) is 18.1. The van der Waals surface area contributed by atoms with Crippen molar-refractivity contribution >= 4 is 17.6 Å². The minimum absolute atomic E-state index is 0.0158. The van der Waals surface area contributed by atoms with E-state index in [2.05, 4.69) is 52.1 Å². The average Bonchev–Trinajstić information content (AvgIpc) is 3.26. The molecule has 2 aliphatic heterocycles. The van der Waals surface area contributed by atoms with Gasteiger partial charge in [-0.1, -0.05) is 63.2 Å². The van der Waals surface area contributed by atoms with Gasteiger partial charge < -0.3 is 18.9 Å². The number of carbonyl (C=O) groups excluding carboxylic acids is 2. The van der Waals surface area contributed by atoms with Gasteiger partial charge in [0.25, 0.3) is 0 Å². The van der Waals surface area contributed by atoms with Crippen LogP contribution in [0.5, 0.6) is 0 Å². The molecule has 0 radical (unpaired) electrons. The summed E-state index contributed by atoms with van der Waals surface area (Å²) in [4.78, 5) is 28.8. The number of carbonyl (C=O) groups is 2. The van der Waals surface area contributed by atoms with Crippen molar-refractivity contribution in [2.75, 3.05) is 39.3 Å². The molecule has 4 rings (SSSR count). The van der Waals surface area contributed by atoms with Crippen molar-refractivity contribution in [3.05, 3.63) is 77.6 Å². The summed E-state index contributed by atoms with van der Waals surface area (Å²) < 4.78 is 11.2. The van der Waals surface area contributed by atoms with E-state index in [-0.39, 0.29) is 35.2 Å². The number of methoxy groups -OCH3 is 2. The Hall–Kier alpha value is -3.12. The van der Waals surface area contributed by atoms with E-state index in [9.17, 15) is 9.59 Å². The third-order valence-corrected chi connectivity index (χ3v) is 8.65. The first-order valence-corrected chi connectivity index (χ1v) is 13.7. The van der Waals surface area contributed by atoms with Crippen LogP contribution < -0.4 is 4.90 Å². The Labute approximate surface area is 227 Å². The first kappa shape index (κ1) is 27.9. The number of hydrogen-bond donors (Lipinski definition) is 0. The highest BCUT2D eigenvalue weighted by Crippen LogP contribution is 2.43. The number of para-hydroxylation sites is 1. The largest absolute Gasteiger partial charge is 0.504 e. The highest BCUT2D eigenvalue weighted by atomic mass is 16.5. The zero-order valence-corrected chi connectivity index (χ0v) is 23.8. The van der Waals surface area contributed by atoms with Gasteiger partial charge in [0, 0.05) is 30.9 Å². The molecule has 1 amide bonds. The van der Waals surface area contributed by atoms with Crippen molar-refractivity contribution in [1.29, 1.82) is 0 Å². The lowest BCUT2D eigenvalue weighted by Crippen LogP contribution is -2.56. The number of ether oxygens (including phenoxy) is 2. The summed E-state index contributed by atoms with van der Waals surface area (Å²) in [6.07, 6.45) is 4.01. The second-order valence-electron chi connectivity index (χ2n) is 12.1. The molecule has 0 saturated carbocycles. The molecule has 0 spiro atoms. The van der Waals surface area contributed by atoms with Crippen LogP contribution in [-0.2, 0) is 31.0 Å². The maximum atomic E-state index is 14.4. The van der Waals surface area contributed by atoms with Gasteiger partial charge in [-0.3, -0.25) is 4.79 Å². The van der Waals surface area contributed by atoms with Gasteiger partial charge >= 0.3 is 5.97 Å². The number of quaternary nitrogens is 1. The predicted octanol–water partition coefficient (Wildman–Crippen LogP) is 5.47. The van der Waals surface area contributed by atoms with E-state index < -0.39 is 0 Å². The minimum atomic E-state index is -0.349. The lowest BCUT2D eigenvalue weighted by atomic mass is 9.80. The minimum Gasteiger partial charge on any atom is -0.504 e. The molecule has 2 aromatic carbocycles. The SMILES string of the molecule is COC=C(C(=O)OC)C1CC[N+]2(C)CCC(C(=O)N(Cc3ccc(C(C)(C)C)cc3)c3ccccc3)C2C1. The van der Waals surface area contributed by atoms with Gasteiger partial charge in [-0.25, -0.2) is 4.79 Å². The number of anilines is 1. The lowest BCUT2D eigenvalue weighted by Gasteiger charge is -2.44. The van der Waals surface area contributed by atoms with Crippen LogP contribution >= 0.6 is 0 Å². The molecule has 4 unspecified atom stereocenters. The molecule has 2 fully saturated rings. The molecule has 204 valence electrons. The molecule has 2 aliphatic rings. The van der Waals surface area contributed by atoms with Crippen molar-refractivity contribution < 1.29 is 23.5 Å². The molecule has 4 atom stereocenters. The predicted molar refractivity (Wildman–Crippen MR) is 150 cm³/mol. The van der Waals surface area contributed by atoms with E-state index in [1.165, 1.54) is 18.9 Å². The third kappa shape index (κ3) is 5.80. The van der Waals surface area contributed by atoms with Crippen LogP contribution in [0.3, 0.4) is 0 Å². The summed E-state index contributed by atoms with van der Waals surface area (Å²) in [5, 5.41) is 0. The number of fused-ring (bicyclic) bond motifs is 1. The van der Waals surface area contributed by atoms with Gasteiger partial charge in [-0.05, 0) is 28.7 Å². The fourth-order valence-corrected chi connectivity index (χ4v) is 6.31. The topological polar surface area (TPSA) is 55.8 Å². The van der Waals surface area contributed by atoms with E-state index in [4.69, 9.17) is 9.47 Å². The first-order valence-electron chi connectivity index (χ1n) is 13.7. The van der Waals surface area contributed by atoms with Gasteiger partial charge in [0.05, 0.1) is 58.7 Å². The monoisotopic (exact) mass is 519 g/mol. The number of piperidine rings is 1. The van der Waals surface area contributed by atoms with Crippen LogP contribution in [0.4, 0.5) is 5.69 Å². The Morgan fingerprint density at radius 1 is 1.00 bits per heavy atom. The molecule has 2 aromatic rings. The van der Waals surface area contributed by atoms with Gasteiger partial charge in [0.2, 0.25) is 5.91 Å². The Morgan fingerprint density at radius 2 is 1.66 bits per heavy atom. The van der Waals surface area contributed by atoms with Gasteiger partial charge in [-0.2, -0.15) is 0 Å². The van der Waals surface area contributed by atoms with E-state index in [1.807, 2.05) is 35.2 Å². The summed E-state index contributed by atoms with van der Waals surface area (Å²) in [5.41, 5.74) is 3.96. The summed E-state index contributed by atoms with van der Waals surface area (Å²) in [5.74, 6) is -0.280. The zero-order chi connectivity index (χ0) is 27.5. The van der Waals surface area contributed by atoms with Gasteiger partial charge in [0.1, 0.15) is 6.04 Å².